The lowest BCUT2D eigenvalue weighted by Gasteiger charge is -2.23. The van der Waals surface area contributed by atoms with Crippen molar-refractivity contribution in [3.05, 3.63) is 58.1 Å². The van der Waals surface area contributed by atoms with Crippen LogP contribution in [0.2, 0.25) is 0 Å². The van der Waals surface area contributed by atoms with E-state index < -0.39 is 4.92 Å². The topological polar surface area (TPSA) is 75.8 Å². The van der Waals surface area contributed by atoms with Crippen molar-refractivity contribution >= 4 is 17.1 Å². The summed E-state index contributed by atoms with van der Waals surface area (Å²) >= 11 is 0. The first-order valence-corrected chi connectivity index (χ1v) is 6.33. The molecule has 2 aromatic rings. The van der Waals surface area contributed by atoms with Crippen LogP contribution >= 0.6 is 0 Å². The normalized spacial score (nSPS) is 10.2. The summed E-state index contributed by atoms with van der Waals surface area (Å²) in [4.78, 5) is 12.2. The van der Waals surface area contributed by atoms with Gasteiger partial charge in [-0.05, 0) is 18.2 Å². The van der Waals surface area contributed by atoms with E-state index in [0.717, 1.165) is 5.69 Å². The number of anilines is 2. The molecule has 0 unspecified atom stereocenters. The molecule has 0 aliphatic heterocycles. The number of non-ortho nitro benzene ring substituents is 1. The van der Waals surface area contributed by atoms with Crippen molar-refractivity contribution in [3.63, 3.8) is 0 Å². The van der Waals surface area contributed by atoms with Crippen LogP contribution < -0.4 is 9.64 Å². The summed E-state index contributed by atoms with van der Waals surface area (Å²) in [6.07, 6.45) is 0. The van der Waals surface area contributed by atoms with Gasteiger partial charge in [0.25, 0.3) is 5.69 Å². The molecule has 0 heterocycles. The Morgan fingerprint density at radius 1 is 1.24 bits per heavy atom. The lowest BCUT2D eigenvalue weighted by atomic mass is 10.1. The second-order valence-corrected chi connectivity index (χ2v) is 4.46. The number of ether oxygens (including phenoxy) is 1. The summed E-state index contributed by atoms with van der Waals surface area (Å²) < 4.78 is 5.31. The van der Waals surface area contributed by atoms with E-state index in [4.69, 9.17) is 4.74 Å². The summed E-state index contributed by atoms with van der Waals surface area (Å²) in [7, 11) is 3.40. The zero-order valence-corrected chi connectivity index (χ0v) is 11.8. The van der Waals surface area contributed by atoms with E-state index in [2.05, 4.69) is 0 Å². The predicted octanol–water partition coefficient (Wildman–Crippen LogP) is 2.86. The Morgan fingerprint density at radius 3 is 2.57 bits per heavy atom. The molecule has 0 atom stereocenters. The van der Waals surface area contributed by atoms with Crippen LogP contribution in [0.5, 0.6) is 5.75 Å². The van der Waals surface area contributed by atoms with Gasteiger partial charge in [0.1, 0.15) is 5.75 Å². The largest absolute Gasteiger partial charge is 0.495 e. The first-order chi connectivity index (χ1) is 10.1. The maximum absolute atomic E-state index is 10.8. The molecule has 0 spiro atoms. The molecule has 21 heavy (non-hydrogen) atoms. The van der Waals surface area contributed by atoms with Crippen LogP contribution in [0.15, 0.2) is 42.5 Å². The molecule has 0 radical (unpaired) electrons. The monoisotopic (exact) mass is 288 g/mol. The Labute approximate surface area is 122 Å². The molecule has 2 aromatic carbocycles. The van der Waals surface area contributed by atoms with E-state index >= 15 is 0 Å². The minimum atomic E-state index is -0.480. The van der Waals surface area contributed by atoms with Crippen molar-refractivity contribution in [2.24, 2.45) is 0 Å². The van der Waals surface area contributed by atoms with Crippen LogP contribution in [-0.2, 0) is 6.61 Å². The molecule has 0 amide bonds. The second-order valence-electron chi connectivity index (χ2n) is 4.46. The maximum atomic E-state index is 10.8. The van der Waals surface area contributed by atoms with Gasteiger partial charge in [-0.3, -0.25) is 10.1 Å². The first kappa shape index (κ1) is 14.8. The minimum Gasteiger partial charge on any atom is -0.495 e. The fourth-order valence-electron chi connectivity index (χ4n) is 2.18. The second kappa shape index (κ2) is 6.23. The van der Waals surface area contributed by atoms with Crippen molar-refractivity contribution in [1.29, 1.82) is 0 Å². The van der Waals surface area contributed by atoms with Crippen LogP contribution in [-0.4, -0.2) is 24.2 Å². The predicted molar refractivity (Wildman–Crippen MR) is 80.1 cm³/mol. The molecule has 0 fully saturated rings. The van der Waals surface area contributed by atoms with Crippen molar-refractivity contribution < 1.29 is 14.8 Å². The highest BCUT2D eigenvalue weighted by atomic mass is 16.6. The van der Waals surface area contributed by atoms with E-state index in [0.29, 0.717) is 17.0 Å². The highest BCUT2D eigenvalue weighted by Crippen LogP contribution is 2.35. The Hall–Kier alpha value is -2.60. The quantitative estimate of drug-likeness (QED) is 0.676. The van der Waals surface area contributed by atoms with Crippen molar-refractivity contribution in [1.82, 2.24) is 0 Å². The molecule has 0 aliphatic carbocycles. The van der Waals surface area contributed by atoms with Gasteiger partial charge in [0, 0.05) is 30.4 Å². The number of nitrogens with zero attached hydrogens (tertiary/aromatic N) is 2. The lowest BCUT2D eigenvalue weighted by molar-refractivity contribution is -0.384. The van der Waals surface area contributed by atoms with E-state index in [1.165, 1.54) is 12.1 Å². The molecule has 0 saturated carbocycles. The summed E-state index contributed by atoms with van der Waals surface area (Å²) in [5.41, 5.74) is 1.94. The number of aliphatic hydroxyl groups is 1. The van der Waals surface area contributed by atoms with Gasteiger partial charge in [-0.15, -0.1) is 0 Å². The zero-order chi connectivity index (χ0) is 15.4. The third-order valence-electron chi connectivity index (χ3n) is 3.25. The van der Waals surface area contributed by atoms with Crippen LogP contribution in [0.4, 0.5) is 17.1 Å². The highest BCUT2D eigenvalue weighted by Gasteiger charge is 2.16. The molecule has 0 bridgehead atoms. The fourth-order valence-corrected chi connectivity index (χ4v) is 2.18. The number of rotatable bonds is 5. The number of nitro groups is 1. The van der Waals surface area contributed by atoms with E-state index in [1.807, 2.05) is 36.2 Å². The van der Waals surface area contributed by atoms with E-state index in [-0.39, 0.29) is 12.3 Å². The smallest absolute Gasteiger partial charge is 0.269 e. The van der Waals surface area contributed by atoms with Gasteiger partial charge in [-0.2, -0.15) is 0 Å². The molecule has 0 saturated heterocycles. The van der Waals surface area contributed by atoms with E-state index in [9.17, 15) is 15.2 Å². The molecule has 0 aliphatic rings. The fraction of sp³-hybridized carbons (Fsp3) is 0.200. The number of aliphatic hydroxyl groups excluding tert-OH is 1. The van der Waals surface area contributed by atoms with Gasteiger partial charge in [0.05, 0.1) is 24.3 Å². The molecule has 6 nitrogen and oxygen atoms in total. The Bertz CT molecular complexity index is 658. The molecular weight excluding hydrogens is 272 g/mol. The van der Waals surface area contributed by atoms with Crippen molar-refractivity contribution in [3.8, 4) is 5.75 Å². The van der Waals surface area contributed by atoms with Crippen molar-refractivity contribution in [2.75, 3.05) is 19.1 Å². The van der Waals surface area contributed by atoms with Crippen LogP contribution in [0.1, 0.15) is 5.56 Å². The SMILES string of the molecule is COc1ccccc1N(C)c1ccc([N+](=O)[O-])cc1CO. The highest BCUT2D eigenvalue weighted by molar-refractivity contribution is 5.71. The molecule has 110 valence electrons. The van der Waals surface area contributed by atoms with Gasteiger partial charge >= 0.3 is 0 Å². The van der Waals surface area contributed by atoms with Crippen LogP contribution in [0.25, 0.3) is 0 Å². The maximum Gasteiger partial charge on any atom is 0.269 e. The zero-order valence-electron chi connectivity index (χ0n) is 11.8. The molecular formula is C15H16N2O4. The average molecular weight is 288 g/mol. The van der Waals surface area contributed by atoms with E-state index in [1.54, 1.807) is 13.2 Å². The van der Waals surface area contributed by atoms with Gasteiger partial charge in [0.2, 0.25) is 0 Å². The Kier molecular flexibility index (Phi) is 4.39. The minimum absolute atomic E-state index is 0.0452. The third-order valence-corrected chi connectivity index (χ3v) is 3.25. The lowest BCUT2D eigenvalue weighted by Crippen LogP contribution is -2.13. The average Bonchev–Trinajstić information content (AvgIpc) is 2.53. The third kappa shape index (κ3) is 2.95. The number of para-hydroxylation sites is 2. The summed E-state index contributed by atoms with van der Waals surface area (Å²) in [6.45, 7) is -0.281. The van der Waals surface area contributed by atoms with Gasteiger partial charge < -0.3 is 14.7 Å². The number of hydrogen-bond donors (Lipinski definition) is 1. The number of benzene rings is 2. The summed E-state index contributed by atoms with van der Waals surface area (Å²) in [6, 6.07) is 11.9. The summed E-state index contributed by atoms with van der Waals surface area (Å²) in [5.74, 6) is 0.683. The van der Waals surface area contributed by atoms with Gasteiger partial charge in [0.15, 0.2) is 0 Å². The molecule has 6 heteroatoms. The first-order valence-electron chi connectivity index (χ1n) is 6.33. The molecule has 0 aromatic heterocycles. The van der Waals surface area contributed by atoms with Gasteiger partial charge in [-0.1, -0.05) is 12.1 Å². The number of nitro benzene ring substituents is 1. The Morgan fingerprint density at radius 2 is 1.95 bits per heavy atom. The number of hydrogen-bond acceptors (Lipinski definition) is 5. The molecule has 1 N–H and O–H groups in total. The standard InChI is InChI=1S/C15H16N2O4/c1-16(14-5-3-4-6-15(14)21-2)13-8-7-12(17(19)20)9-11(13)10-18/h3-9,18H,10H2,1-2H3. The molecule has 2 rings (SSSR count). The Balaban J connectivity index is 2.47. The van der Waals surface area contributed by atoms with Crippen LogP contribution in [0, 0.1) is 10.1 Å². The summed E-state index contributed by atoms with van der Waals surface area (Å²) in [5, 5.41) is 20.3. The number of methoxy groups -OCH3 is 1. The van der Waals surface area contributed by atoms with Crippen LogP contribution in [0.3, 0.4) is 0 Å². The van der Waals surface area contributed by atoms with Gasteiger partial charge in [-0.25, -0.2) is 0 Å². The van der Waals surface area contributed by atoms with Crippen molar-refractivity contribution in [2.45, 2.75) is 6.61 Å².